The topological polar surface area (TPSA) is 81.7 Å². The molecule has 0 aromatic rings. The highest BCUT2D eigenvalue weighted by molar-refractivity contribution is 5.77. The molecular weight excluding hydrogens is 258 g/mol. The Morgan fingerprint density at radius 1 is 1.30 bits per heavy atom. The molecule has 0 aliphatic heterocycles. The van der Waals surface area contributed by atoms with E-state index in [4.69, 9.17) is 5.11 Å². The van der Waals surface area contributed by atoms with Crippen LogP contribution in [0.5, 0.6) is 0 Å². The second-order valence-corrected chi connectivity index (χ2v) is 5.57. The average Bonchev–Trinajstić information content (AvgIpc) is 2.43. The van der Waals surface area contributed by atoms with E-state index in [1.54, 1.807) is 13.8 Å². The first-order valence-corrected chi connectivity index (χ1v) is 7.22. The van der Waals surface area contributed by atoms with E-state index >= 15 is 0 Å². The van der Waals surface area contributed by atoms with Crippen molar-refractivity contribution >= 4 is 12.0 Å². The number of nitrogens with zero attached hydrogens (tertiary/aromatic N) is 1. The third-order valence-electron chi connectivity index (χ3n) is 4.03. The van der Waals surface area contributed by atoms with Crippen molar-refractivity contribution in [3.63, 3.8) is 0 Å². The summed E-state index contributed by atoms with van der Waals surface area (Å²) >= 11 is 0. The molecule has 0 saturated carbocycles. The molecule has 2 atom stereocenters. The molecule has 0 rings (SSSR count). The normalized spacial score (nSPS) is 15.5. The van der Waals surface area contributed by atoms with Gasteiger partial charge in [-0.15, -0.1) is 0 Å². The Bertz CT molecular complexity index is 323. The minimum Gasteiger partial charge on any atom is -0.481 e. The number of amides is 2. The molecule has 0 heterocycles. The van der Waals surface area contributed by atoms with Gasteiger partial charge in [0.15, 0.2) is 0 Å². The van der Waals surface area contributed by atoms with Crippen LogP contribution in [0.1, 0.15) is 40.5 Å². The Morgan fingerprint density at radius 3 is 2.35 bits per heavy atom. The molecule has 6 nitrogen and oxygen atoms in total. The third kappa shape index (κ3) is 6.23. The molecule has 0 aromatic carbocycles. The summed E-state index contributed by atoms with van der Waals surface area (Å²) in [6.45, 7) is 9.14. The number of nitrogens with one attached hydrogen (secondary N) is 2. The van der Waals surface area contributed by atoms with Gasteiger partial charge in [0.1, 0.15) is 0 Å². The Labute approximate surface area is 121 Å². The summed E-state index contributed by atoms with van der Waals surface area (Å²) in [5.74, 6) is -0.892. The average molecular weight is 287 g/mol. The first kappa shape index (κ1) is 18.7. The SMILES string of the molecule is CCC(C)N(C)CCNC(=O)NCC(C)(CC)C(=O)O. The molecule has 2 amide bonds. The quantitative estimate of drug-likeness (QED) is 0.600. The molecule has 0 bridgehead atoms. The van der Waals surface area contributed by atoms with Gasteiger partial charge in [0.25, 0.3) is 0 Å². The summed E-state index contributed by atoms with van der Waals surface area (Å²) in [7, 11) is 2.02. The highest BCUT2D eigenvalue weighted by Gasteiger charge is 2.31. The largest absolute Gasteiger partial charge is 0.481 e. The summed E-state index contributed by atoms with van der Waals surface area (Å²) in [5, 5.41) is 14.5. The molecule has 20 heavy (non-hydrogen) atoms. The van der Waals surface area contributed by atoms with E-state index in [1.165, 1.54) is 0 Å². The molecule has 0 aliphatic carbocycles. The summed E-state index contributed by atoms with van der Waals surface area (Å²) in [4.78, 5) is 24.9. The zero-order valence-electron chi connectivity index (χ0n) is 13.3. The Hall–Kier alpha value is -1.30. The highest BCUT2D eigenvalue weighted by atomic mass is 16.4. The third-order valence-corrected chi connectivity index (χ3v) is 4.03. The molecule has 0 aliphatic rings. The van der Waals surface area contributed by atoms with Crippen molar-refractivity contribution in [1.82, 2.24) is 15.5 Å². The van der Waals surface area contributed by atoms with Gasteiger partial charge in [0.05, 0.1) is 5.41 Å². The number of urea groups is 1. The van der Waals surface area contributed by atoms with E-state index in [2.05, 4.69) is 29.4 Å². The van der Waals surface area contributed by atoms with E-state index in [0.717, 1.165) is 13.0 Å². The predicted molar refractivity (Wildman–Crippen MR) is 79.8 cm³/mol. The Balaban J connectivity index is 3.99. The van der Waals surface area contributed by atoms with Crippen LogP contribution in [0, 0.1) is 5.41 Å². The van der Waals surface area contributed by atoms with Crippen molar-refractivity contribution in [1.29, 1.82) is 0 Å². The summed E-state index contributed by atoms with van der Waals surface area (Å²) in [5.41, 5.74) is -0.912. The van der Waals surface area contributed by atoms with Gasteiger partial charge in [-0.2, -0.15) is 0 Å². The van der Waals surface area contributed by atoms with Crippen LogP contribution in [-0.4, -0.2) is 54.7 Å². The minimum atomic E-state index is -0.912. The smallest absolute Gasteiger partial charge is 0.314 e. The first-order chi connectivity index (χ1) is 9.26. The molecule has 0 aromatic heterocycles. The lowest BCUT2D eigenvalue weighted by Crippen LogP contribution is -2.46. The predicted octanol–water partition coefficient (Wildman–Crippen LogP) is 1.52. The fourth-order valence-corrected chi connectivity index (χ4v) is 1.57. The van der Waals surface area contributed by atoms with Crippen molar-refractivity contribution < 1.29 is 14.7 Å². The monoisotopic (exact) mass is 287 g/mol. The van der Waals surface area contributed by atoms with Crippen molar-refractivity contribution in [3.05, 3.63) is 0 Å². The van der Waals surface area contributed by atoms with E-state index in [9.17, 15) is 9.59 Å². The first-order valence-electron chi connectivity index (χ1n) is 7.22. The number of carbonyl (C=O) groups excluding carboxylic acids is 1. The van der Waals surface area contributed by atoms with Gasteiger partial charge in [-0.1, -0.05) is 13.8 Å². The van der Waals surface area contributed by atoms with Gasteiger partial charge >= 0.3 is 12.0 Å². The van der Waals surface area contributed by atoms with E-state index in [-0.39, 0.29) is 12.6 Å². The molecule has 0 spiro atoms. The van der Waals surface area contributed by atoms with Gasteiger partial charge in [0, 0.05) is 25.7 Å². The van der Waals surface area contributed by atoms with Gasteiger partial charge in [0.2, 0.25) is 0 Å². The van der Waals surface area contributed by atoms with Crippen LogP contribution in [0.4, 0.5) is 4.79 Å². The fraction of sp³-hybridized carbons (Fsp3) is 0.857. The Kier molecular flexibility index (Phi) is 8.22. The van der Waals surface area contributed by atoms with Crippen LogP contribution >= 0.6 is 0 Å². The van der Waals surface area contributed by atoms with E-state index in [1.807, 2.05) is 7.05 Å². The highest BCUT2D eigenvalue weighted by Crippen LogP contribution is 2.19. The zero-order chi connectivity index (χ0) is 15.8. The lowest BCUT2D eigenvalue weighted by atomic mass is 9.88. The Morgan fingerprint density at radius 2 is 1.90 bits per heavy atom. The van der Waals surface area contributed by atoms with Gasteiger partial charge in [-0.3, -0.25) is 4.79 Å². The number of hydrogen-bond donors (Lipinski definition) is 3. The number of hydrogen-bond acceptors (Lipinski definition) is 3. The molecule has 118 valence electrons. The maximum Gasteiger partial charge on any atom is 0.314 e. The van der Waals surface area contributed by atoms with Crippen molar-refractivity contribution in [2.75, 3.05) is 26.7 Å². The number of carbonyl (C=O) groups is 2. The molecule has 0 fully saturated rings. The van der Waals surface area contributed by atoms with Crippen LogP contribution in [-0.2, 0) is 4.79 Å². The lowest BCUT2D eigenvalue weighted by Gasteiger charge is -2.25. The maximum atomic E-state index is 11.6. The van der Waals surface area contributed by atoms with Crippen LogP contribution in [0.15, 0.2) is 0 Å². The lowest BCUT2D eigenvalue weighted by molar-refractivity contribution is -0.147. The number of aliphatic carboxylic acids is 1. The van der Waals surface area contributed by atoms with Crippen LogP contribution in [0.25, 0.3) is 0 Å². The van der Waals surface area contributed by atoms with Crippen molar-refractivity contribution in [2.45, 2.75) is 46.6 Å². The van der Waals surface area contributed by atoms with Crippen LogP contribution in [0.3, 0.4) is 0 Å². The standard InChI is InChI=1S/C14H29N3O3/c1-6-11(3)17(5)9-8-15-13(20)16-10-14(4,7-2)12(18)19/h11H,6-10H2,1-5H3,(H,18,19)(H2,15,16,20). The molecular formula is C14H29N3O3. The van der Waals surface area contributed by atoms with Gasteiger partial charge in [-0.25, -0.2) is 4.79 Å². The van der Waals surface area contributed by atoms with Crippen LogP contribution in [0.2, 0.25) is 0 Å². The molecule has 3 N–H and O–H groups in total. The second-order valence-electron chi connectivity index (χ2n) is 5.57. The van der Waals surface area contributed by atoms with E-state index in [0.29, 0.717) is 19.0 Å². The maximum absolute atomic E-state index is 11.6. The fourth-order valence-electron chi connectivity index (χ4n) is 1.57. The van der Waals surface area contributed by atoms with E-state index < -0.39 is 11.4 Å². The number of rotatable bonds is 9. The number of carboxylic acids is 1. The molecule has 6 heteroatoms. The van der Waals surface area contributed by atoms with Gasteiger partial charge < -0.3 is 20.6 Å². The summed E-state index contributed by atoms with van der Waals surface area (Å²) in [6, 6.07) is 0.165. The molecule has 2 unspecified atom stereocenters. The summed E-state index contributed by atoms with van der Waals surface area (Å²) in [6.07, 6.45) is 1.54. The van der Waals surface area contributed by atoms with Crippen LogP contribution < -0.4 is 10.6 Å². The van der Waals surface area contributed by atoms with Gasteiger partial charge in [-0.05, 0) is 33.7 Å². The minimum absolute atomic E-state index is 0.131. The number of carboxylic acid groups (broad SMARTS) is 1. The summed E-state index contributed by atoms with van der Waals surface area (Å²) < 4.78 is 0. The molecule has 0 saturated heterocycles. The number of likely N-dealkylation sites (N-methyl/N-ethyl adjacent to an activating group) is 1. The van der Waals surface area contributed by atoms with Crippen molar-refractivity contribution in [3.8, 4) is 0 Å². The zero-order valence-corrected chi connectivity index (χ0v) is 13.3. The molecule has 0 radical (unpaired) electrons. The second kappa shape index (κ2) is 8.79. The van der Waals surface area contributed by atoms with Crippen molar-refractivity contribution in [2.24, 2.45) is 5.41 Å².